The van der Waals surface area contributed by atoms with E-state index in [2.05, 4.69) is 15.5 Å². The third kappa shape index (κ3) is 3.86. The number of hydrogen-bond donors (Lipinski definition) is 1. The minimum absolute atomic E-state index is 0.00617. The Labute approximate surface area is 135 Å². The van der Waals surface area contributed by atoms with Gasteiger partial charge in [0.05, 0.1) is 10.7 Å². The average Bonchev–Trinajstić information content (AvgIpc) is 3.26. The van der Waals surface area contributed by atoms with Crippen LogP contribution in [0.1, 0.15) is 30.2 Å². The van der Waals surface area contributed by atoms with Crippen molar-refractivity contribution >= 4 is 29.0 Å². The van der Waals surface area contributed by atoms with E-state index in [-0.39, 0.29) is 17.3 Å². The van der Waals surface area contributed by atoms with E-state index in [0.29, 0.717) is 28.3 Å². The van der Waals surface area contributed by atoms with Crippen molar-refractivity contribution in [3.05, 3.63) is 39.8 Å². The first-order chi connectivity index (χ1) is 11.0. The number of hydrogen-bond acceptors (Lipinski definition) is 7. The first-order valence-corrected chi connectivity index (χ1v) is 8.02. The van der Waals surface area contributed by atoms with Crippen LogP contribution in [0.4, 0.5) is 11.4 Å². The lowest BCUT2D eigenvalue weighted by molar-refractivity contribution is -0.384. The number of thioether (sulfide) groups is 1. The van der Waals surface area contributed by atoms with Crippen LogP contribution in [0, 0.1) is 17.0 Å². The largest absolute Gasteiger partial charge is 0.416 e. The third-order valence-corrected chi connectivity index (χ3v) is 4.19. The number of nitrogens with one attached hydrogen (secondary N) is 1. The molecule has 1 saturated carbocycles. The van der Waals surface area contributed by atoms with Gasteiger partial charge in [-0.05, 0) is 31.4 Å². The molecule has 1 N–H and O–H groups in total. The summed E-state index contributed by atoms with van der Waals surface area (Å²) in [5.41, 5.74) is 1.17. The predicted molar refractivity (Wildman–Crippen MR) is 83.5 cm³/mol. The van der Waals surface area contributed by atoms with Gasteiger partial charge in [-0.25, -0.2) is 0 Å². The van der Waals surface area contributed by atoms with Crippen LogP contribution in [0.3, 0.4) is 0 Å². The van der Waals surface area contributed by atoms with E-state index in [9.17, 15) is 14.9 Å². The molecule has 1 aliphatic carbocycles. The number of carbonyl (C=O) groups is 1. The molecule has 8 nitrogen and oxygen atoms in total. The highest BCUT2D eigenvalue weighted by molar-refractivity contribution is 7.99. The van der Waals surface area contributed by atoms with E-state index >= 15 is 0 Å². The quantitative estimate of drug-likeness (QED) is 0.491. The van der Waals surface area contributed by atoms with Gasteiger partial charge in [0, 0.05) is 23.7 Å². The SMILES string of the molecule is Cc1cc([N+](=O)[O-])ccc1NC(=O)CSc1nnc(C2CC2)o1. The molecule has 1 heterocycles. The van der Waals surface area contributed by atoms with Gasteiger partial charge in [0.25, 0.3) is 10.9 Å². The fourth-order valence-electron chi connectivity index (χ4n) is 1.99. The van der Waals surface area contributed by atoms with Crippen molar-refractivity contribution in [3.63, 3.8) is 0 Å². The molecule has 1 aromatic heterocycles. The molecular formula is C14H14N4O4S. The zero-order valence-electron chi connectivity index (χ0n) is 12.3. The topological polar surface area (TPSA) is 111 Å². The number of nitrogens with zero attached hydrogens (tertiary/aromatic N) is 3. The Morgan fingerprint density at radius 3 is 2.91 bits per heavy atom. The smallest absolute Gasteiger partial charge is 0.277 e. The number of benzene rings is 1. The zero-order valence-corrected chi connectivity index (χ0v) is 13.1. The van der Waals surface area contributed by atoms with Gasteiger partial charge in [0.15, 0.2) is 0 Å². The normalized spacial score (nSPS) is 13.8. The molecule has 1 amide bonds. The molecule has 0 atom stereocenters. The highest BCUT2D eigenvalue weighted by Gasteiger charge is 2.29. The van der Waals surface area contributed by atoms with E-state index in [0.717, 1.165) is 12.8 Å². The molecule has 2 aromatic rings. The van der Waals surface area contributed by atoms with Gasteiger partial charge >= 0.3 is 0 Å². The summed E-state index contributed by atoms with van der Waals surface area (Å²) in [4.78, 5) is 22.2. The van der Waals surface area contributed by atoms with E-state index in [1.54, 1.807) is 6.92 Å². The molecule has 0 spiro atoms. The van der Waals surface area contributed by atoms with Crippen molar-refractivity contribution in [1.82, 2.24) is 10.2 Å². The summed E-state index contributed by atoms with van der Waals surface area (Å²) in [6, 6.07) is 4.30. The lowest BCUT2D eigenvalue weighted by atomic mass is 10.2. The van der Waals surface area contributed by atoms with Crippen LogP contribution in [0.25, 0.3) is 0 Å². The van der Waals surface area contributed by atoms with Gasteiger partial charge in [-0.1, -0.05) is 11.8 Å². The summed E-state index contributed by atoms with van der Waals surface area (Å²) in [5, 5.41) is 21.6. The van der Waals surface area contributed by atoms with E-state index in [1.807, 2.05) is 0 Å². The van der Waals surface area contributed by atoms with E-state index in [4.69, 9.17) is 4.42 Å². The second kappa shape index (κ2) is 6.37. The summed E-state index contributed by atoms with van der Waals surface area (Å²) < 4.78 is 5.46. The molecule has 0 bridgehead atoms. The lowest BCUT2D eigenvalue weighted by Gasteiger charge is -2.07. The number of aryl methyl sites for hydroxylation is 1. The van der Waals surface area contributed by atoms with E-state index < -0.39 is 4.92 Å². The van der Waals surface area contributed by atoms with Crippen molar-refractivity contribution < 1.29 is 14.1 Å². The van der Waals surface area contributed by atoms with Gasteiger partial charge in [-0.15, -0.1) is 10.2 Å². The van der Waals surface area contributed by atoms with Crippen molar-refractivity contribution in [3.8, 4) is 0 Å². The van der Waals surface area contributed by atoms with Crippen LogP contribution in [0.5, 0.6) is 0 Å². The maximum atomic E-state index is 12.0. The lowest BCUT2D eigenvalue weighted by Crippen LogP contribution is -2.14. The molecular weight excluding hydrogens is 320 g/mol. The summed E-state index contributed by atoms with van der Waals surface area (Å²) >= 11 is 1.17. The summed E-state index contributed by atoms with van der Waals surface area (Å²) in [5.74, 6) is 0.911. The maximum absolute atomic E-state index is 12.0. The van der Waals surface area contributed by atoms with Crippen molar-refractivity contribution in [1.29, 1.82) is 0 Å². The average molecular weight is 334 g/mol. The molecule has 0 saturated heterocycles. The maximum Gasteiger partial charge on any atom is 0.277 e. The number of nitro benzene ring substituents is 1. The number of anilines is 1. The Bertz CT molecular complexity index is 757. The van der Waals surface area contributed by atoms with Crippen LogP contribution in [-0.2, 0) is 4.79 Å². The van der Waals surface area contributed by atoms with Crippen LogP contribution < -0.4 is 5.32 Å². The van der Waals surface area contributed by atoms with Crippen LogP contribution >= 0.6 is 11.8 Å². The summed E-state index contributed by atoms with van der Waals surface area (Å²) in [6.45, 7) is 1.70. The minimum atomic E-state index is -0.471. The fraction of sp³-hybridized carbons (Fsp3) is 0.357. The molecule has 120 valence electrons. The molecule has 23 heavy (non-hydrogen) atoms. The van der Waals surface area contributed by atoms with Crippen molar-refractivity contribution in [2.75, 3.05) is 11.1 Å². The first kappa shape index (κ1) is 15.5. The molecule has 1 fully saturated rings. The number of carbonyl (C=O) groups excluding carboxylic acids is 1. The minimum Gasteiger partial charge on any atom is -0.416 e. The number of aromatic nitrogens is 2. The molecule has 9 heteroatoms. The van der Waals surface area contributed by atoms with Crippen LogP contribution in [-0.4, -0.2) is 26.8 Å². The Kier molecular flexibility index (Phi) is 4.28. The van der Waals surface area contributed by atoms with Gasteiger partial charge in [0.2, 0.25) is 11.8 Å². The molecule has 1 aromatic carbocycles. The highest BCUT2D eigenvalue weighted by Crippen LogP contribution is 2.39. The predicted octanol–water partition coefficient (Wildman–Crippen LogP) is 2.89. The van der Waals surface area contributed by atoms with Gasteiger partial charge < -0.3 is 9.73 Å². The second-order valence-electron chi connectivity index (χ2n) is 5.27. The zero-order chi connectivity index (χ0) is 16.4. The van der Waals surface area contributed by atoms with Gasteiger partial charge in [-0.3, -0.25) is 14.9 Å². The Morgan fingerprint density at radius 1 is 1.48 bits per heavy atom. The van der Waals surface area contributed by atoms with Gasteiger partial charge in [-0.2, -0.15) is 0 Å². The highest BCUT2D eigenvalue weighted by atomic mass is 32.2. The number of nitro groups is 1. The Balaban J connectivity index is 1.55. The summed E-state index contributed by atoms with van der Waals surface area (Å²) in [7, 11) is 0. The van der Waals surface area contributed by atoms with Crippen molar-refractivity contribution in [2.24, 2.45) is 0 Å². The standard InChI is InChI=1S/C14H14N4O4S/c1-8-6-10(18(20)21)4-5-11(8)15-12(19)7-23-14-17-16-13(22-14)9-2-3-9/h4-6,9H,2-3,7H2,1H3,(H,15,19). The number of non-ortho nitro benzene ring substituents is 1. The Hall–Kier alpha value is -2.42. The first-order valence-electron chi connectivity index (χ1n) is 7.04. The second-order valence-corrected chi connectivity index (χ2v) is 6.20. The van der Waals surface area contributed by atoms with Crippen LogP contribution in [0.2, 0.25) is 0 Å². The van der Waals surface area contributed by atoms with Crippen molar-refractivity contribution in [2.45, 2.75) is 30.9 Å². The monoisotopic (exact) mass is 334 g/mol. The summed E-state index contributed by atoms with van der Waals surface area (Å²) in [6.07, 6.45) is 2.15. The van der Waals surface area contributed by atoms with E-state index in [1.165, 1.54) is 30.0 Å². The molecule has 0 aliphatic heterocycles. The molecule has 0 radical (unpaired) electrons. The Morgan fingerprint density at radius 2 is 2.26 bits per heavy atom. The number of amides is 1. The molecule has 0 unspecified atom stereocenters. The van der Waals surface area contributed by atoms with Gasteiger partial charge in [0.1, 0.15) is 0 Å². The molecule has 3 rings (SSSR count). The molecule has 1 aliphatic rings. The fourth-order valence-corrected chi connectivity index (χ4v) is 2.56. The number of rotatable bonds is 6. The third-order valence-electron chi connectivity index (χ3n) is 3.37. The van der Waals surface area contributed by atoms with Crippen LogP contribution in [0.15, 0.2) is 27.8 Å².